The molecule has 1 heterocycles. The highest BCUT2D eigenvalue weighted by atomic mass is 16.2. The van der Waals surface area contributed by atoms with E-state index in [2.05, 4.69) is 18.5 Å². The van der Waals surface area contributed by atoms with Gasteiger partial charge in [0.1, 0.15) is 5.92 Å². The molecule has 1 fully saturated rings. The highest BCUT2D eigenvalue weighted by Crippen LogP contribution is 2.18. The number of nitrogens with one attached hydrogen (secondary N) is 1. The fourth-order valence-electron chi connectivity index (χ4n) is 1.61. The third-order valence-corrected chi connectivity index (χ3v) is 2.34. The van der Waals surface area contributed by atoms with E-state index in [1.165, 1.54) is 0 Å². The summed E-state index contributed by atoms with van der Waals surface area (Å²) in [4.78, 5) is 36.0. The van der Waals surface area contributed by atoms with Gasteiger partial charge in [-0.15, -0.1) is 6.58 Å². The van der Waals surface area contributed by atoms with Crippen molar-refractivity contribution in [2.75, 3.05) is 6.54 Å². The van der Waals surface area contributed by atoms with Crippen LogP contribution in [-0.4, -0.2) is 29.3 Å². The van der Waals surface area contributed by atoms with Crippen LogP contribution in [0.25, 0.3) is 0 Å². The number of carbonyl (C=O) groups is 3. The summed E-state index contributed by atoms with van der Waals surface area (Å²) >= 11 is 0. The highest BCUT2D eigenvalue weighted by molar-refractivity contribution is 6.16. The zero-order valence-corrected chi connectivity index (χ0v) is 10.1. The third kappa shape index (κ3) is 3.03. The van der Waals surface area contributed by atoms with E-state index in [1.807, 2.05) is 0 Å². The van der Waals surface area contributed by atoms with E-state index < -0.39 is 23.8 Å². The lowest BCUT2D eigenvalue weighted by atomic mass is 9.97. The van der Waals surface area contributed by atoms with Crippen molar-refractivity contribution < 1.29 is 14.4 Å². The molecule has 0 aromatic carbocycles. The van der Waals surface area contributed by atoms with Crippen LogP contribution < -0.4 is 5.32 Å². The second-order valence-corrected chi connectivity index (χ2v) is 4.39. The van der Waals surface area contributed by atoms with Crippen molar-refractivity contribution in [1.82, 2.24) is 10.2 Å². The van der Waals surface area contributed by atoms with E-state index in [0.717, 1.165) is 10.5 Å². The maximum atomic E-state index is 12.0. The van der Waals surface area contributed by atoms with Crippen molar-refractivity contribution in [3.8, 4) is 0 Å². The Morgan fingerprint density at radius 1 is 1.24 bits per heavy atom. The van der Waals surface area contributed by atoms with Crippen molar-refractivity contribution in [3.05, 3.63) is 24.3 Å². The molecule has 5 heteroatoms. The fraction of sp³-hybridized carbons (Fsp3) is 0.417. The highest BCUT2D eigenvalue weighted by Gasteiger charge is 2.39. The van der Waals surface area contributed by atoms with E-state index >= 15 is 0 Å². The first kappa shape index (κ1) is 13.2. The summed E-state index contributed by atoms with van der Waals surface area (Å²) in [5.74, 6) is -1.89. The lowest BCUT2D eigenvalue weighted by Gasteiger charge is -2.30. The molecule has 0 spiro atoms. The van der Waals surface area contributed by atoms with Gasteiger partial charge in [0, 0.05) is 0 Å². The Morgan fingerprint density at radius 2 is 1.82 bits per heavy atom. The second-order valence-electron chi connectivity index (χ2n) is 4.39. The van der Waals surface area contributed by atoms with Gasteiger partial charge in [0.15, 0.2) is 0 Å². The quantitative estimate of drug-likeness (QED) is 0.589. The molecular weight excluding hydrogens is 220 g/mol. The summed E-state index contributed by atoms with van der Waals surface area (Å²) in [6, 6.07) is -0.680. The number of urea groups is 1. The number of amides is 4. The molecule has 0 aromatic heterocycles. The summed E-state index contributed by atoms with van der Waals surface area (Å²) in [5.41, 5.74) is 1.40. The first-order valence-electron chi connectivity index (χ1n) is 5.28. The Kier molecular flexibility index (Phi) is 3.83. The molecule has 1 unspecified atom stereocenters. The van der Waals surface area contributed by atoms with Crippen molar-refractivity contribution in [3.63, 3.8) is 0 Å². The Bertz CT molecular complexity index is 376. The van der Waals surface area contributed by atoms with Gasteiger partial charge >= 0.3 is 6.03 Å². The molecule has 0 saturated carbocycles. The minimum Gasteiger partial charge on any atom is -0.277 e. The largest absolute Gasteiger partial charge is 0.331 e. The summed E-state index contributed by atoms with van der Waals surface area (Å²) in [6.07, 6.45) is 0.255. The third-order valence-electron chi connectivity index (χ3n) is 2.34. The van der Waals surface area contributed by atoms with Crippen LogP contribution in [0.5, 0.6) is 0 Å². The predicted octanol–water partition coefficient (Wildman–Crippen LogP) is 1.22. The van der Waals surface area contributed by atoms with Gasteiger partial charge < -0.3 is 0 Å². The van der Waals surface area contributed by atoms with Crippen molar-refractivity contribution in [2.45, 2.75) is 20.3 Å². The Morgan fingerprint density at radius 3 is 2.29 bits per heavy atom. The lowest BCUT2D eigenvalue weighted by Crippen LogP contribution is -2.58. The Balaban J connectivity index is 2.90. The van der Waals surface area contributed by atoms with Crippen LogP contribution in [-0.2, 0) is 9.59 Å². The van der Waals surface area contributed by atoms with Gasteiger partial charge in [0.25, 0.3) is 0 Å². The van der Waals surface area contributed by atoms with E-state index in [4.69, 9.17) is 0 Å². The maximum Gasteiger partial charge on any atom is 0.331 e. The van der Waals surface area contributed by atoms with E-state index in [-0.39, 0.29) is 13.0 Å². The molecule has 1 rings (SSSR count). The van der Waals surface area contributed by atoms with E-state index in [0.29, 0.717) is 5.57 Å². The minimum absolute atomic E-state index is 0.130. The number of barbiturate groups is 1. The van der Waals surface area contributed by atoms with Gasteiger partial charge in [-0.1, -0.05) is 17.7 Å². The first-order chi connectivity index (χ1) is 7.82. The van der Waals surface area contributed by atoms with Crippen LogP contribution in [0, 0.1) is 5.92 Å². The molecule has 0 aliphatic carbocycles. The van der Waals surface area contributed by atoms with Crippen LogP contribution in [0.4, 0.5) is 4.79 Å². The van der Waals surface area contributed by atoms with Crippen molar-refractivity contribution in [2.24, 2.45) is 5.92 Å². The van der Waals surface area contributed by atoms with Crippen LogP contribution in [0.15, 0.2) is 24.3 Å². The van der Waals surface area contributed by atoms with Gasteiger partial charge in [-0.05, 0) is 20.3 Å². The summed E-state index contributed by atoms with van der Waals surface area (Å²) in [5, 5.41) is 2.17. The number of nitrogens with zero attached hydrogens (tertiary/aromatic N) is 1. The van der Waals surface area contributed by atoms with Gasteiger partial charge in [-0.3, -0.25) is 19.8 Å². The fourth-order valence-corrected chi connectivity index (χ4v) is 1.61. The molecule has 1 aliphatic heterocycles. The molecule has 92 valence electrons. The molecule has 1 saturated heterocycles. The normalized spacial score (nSPS) is 20.2. The van der Waals surface area contributed by atoms with E-state index in [1.54, 1.807) is 13.8 Å². The van der Waals surface area contributed by atoms with E-state index in [9.17, 15) is 14.4 Å². The van der Waals surface area contributed by atoms with Gasteiger partial charge in [0.2, 0.25) is 11.8 Å². The molecule has 1 atom stereocenters. The zero-order chi connectivity index (χ0) is 13.2. The molecular formula is C12H16N2O3. The zero-order valence-electron chi connectivity index (χ0n) is 10.1. The molecule has 5 nitrogen and oxygen atoms in total. The van der Waals surface area contributed by atoms with Gasteiger partial charge in [-0.2, -0.15) is 0 Å². The topological polar surface area (TPSA) is 66.5 Å². The number of carbonyl (C=O) groups excluding carboxylic acids is 3. The second kappa shape index (κ2) is 4.95. The monoisotopic (exact) mass is 236 g/mol. The number of hydrogen-bond acceptors (Lipinski definition) is 3. The first-order valence-corrected chi connectivity index (χ1v) is 5.28. The van der Waals surface area contributed by atoms with Crippen LogP contribution >= 0.6 is 0 Å². The summed E-state index contributed by atoms with van der Waals surface area (Å²) in [6.45, 7) is 10.9. The summed E-state index contributed by atoms with van der Waals surface area (Å²) < 4.78 is 0. The van der Waals surface area contributed by atoms with Gasteiger partial charge in [0.05, 0.1) is 6.54 Å². The van der Waals surface area contributed by atoms with Crippen molar-refractivity contribution in [1.29, 1.82) is 0 Å². The molecule has 17 heavy (non-hydrogen) atoms. The number of rotatable bonds is 4. The SMILES string of the molecule is C=C(C)CC1C(=O)NC(=O)N(CC(=C)C)C1=O. The minimum atomic E-state index is -0.857. The molecule has 0 radical (unpaired) electrons. The van der Waals surface area contributed by atoms with Gasteiger partial charge in [-0.25, -0.2) is 4.79 Å². The average Bonchev–Trinajstić information content (AvgIpc) is 2.18. The van der Waals surface area contributed by atoms with Crippen LogP contribution in [0.1, 0.15) is 20.3 Å². The molecule has 0 aromatic rings. The Hall–Kier alpha value is -1.91. The van der Waals surface area contributed by atoms with Crippen LogP contribution in [0.2, 0.25) is 0 Å². The predicted molar refractivity (Wildman–Crippen MR) is 63.0 cm³/mol. The number of hydrogen-bond donors (Lipinski definition) is 1. The van der Waals surface area contributed by atoms with Crippen molar-refractivity contribution >= 4 is 17.8 Å². The molecule has 4 amide bonds. The molecule has 0 bridgehead atoms. The van der Waals surface area contributed by atoms with Crippen LogP contribution in [0.3, 0.4) is 0 Å². The Labute approximate surface area is 100 Å². The standard InChI is InChI=1S/C12H16N2O3/c1-7(2)5-9-10(15)13-12(17)14(11(9)16)6-8(3)4/h9H,1,3,5-6H2,2,4H3,(H,13,15,17). The number of imide groups is 2. The number of allylic oxidation sites excluding steroid dienone is 1. The molecule has 1 N–H and O–H groups in total. The lowest BCUT2D eigenvalue weighted by molar-refractivity contribution is -0.142. The smallest absolute Gasteiger partial charge is 0.277 e. The summed E-state index contributed by atoms with van der Waals surface area (Å²) in [7, 11) is 0. The molecule has 1 aliphatic rings. The average molecular weight is 236 g/mol. The maximum absolute atomic E-state index is 12.0.